The number of nitrogens with zero attached hydrogens (tertiary/aromatic N) is 1. The van der Waals surface area contributed by atoms with Crippen LogP contribution in [0.15, 0.2) is 17.2 Å². The van der Waals surface area contributed by atoms with Crippen molar-refractivity contribution in [3.63, 3.8) is 0 Å². The van der Waals surface area contributed by atoms with Gasteiger partial charge in [-0.2, -0.15) is 4.39 Å². The Hall–Kier alpha value is -1.21. The topological polar surface area (TPSA) is 82.3 Å². The number of aromatic nitrogens is 1. The Morgan fingerprint density at radius 3 is 2.69 bits per heavy atom. The molecule has 0 saturated carbocycles. The molecule has 72 valence electrons. The lowest BCUT2D eigenvalue weighted by molar-refractivity contribution is 0.363. The third-order valence-corrected chi connectivity index (χ3v) is 2.25. The molecular formula is C6H7FN2O3S. The van der Waals surface area contributed by atoms with Gasteiger partial charge in [0.25, 0.3) is 5.88 Å². The van der Waals surface area contributed by atoms with E-state index < -0.39 is 26.6 Å². The minimum atomic E-state index is -4.06. The van der Waals surface area contributed by atoms with E-state index in [0.717, 1.165) is 12.3 Å². The van der Waals surface area contributed by atoms with Gasteiger partial charge in [0.1, 0.15) is 4.90 Å². The number of methoxy groups -OCH3 is 1. The van der Waals surface area contributed by atoms with Crippen LogP contribution >= 0.6 is 0 Å². The molecule has 5 nitrogen and oxygen atoms in total. The lowest BCUT2D eigenvalue weighted by Gasteiger charge is -2.03. The highest BCUT2D eigenvalue weighted by atomic mass is 32.2. The molecule has 1 aromatic rings. The summed E-state index contributed by atoms with van der Waals surface area (Å²) in [6, 6.07) is 0.965. The van der Waals surface area contributed by atoms with E-state index in [1.807, 2.05) is 0 Å². The highest BCUT2D eigenvalue weighted by Crippen LogP contribution is 2.19. The first-order valence-corrected chi connectivity index (χ1v) is 4.72. The minimum absolute atomic E-state index is 0.397. The van der Waals surface area contributed by atoms with Gasteiger partial charge in [-0.25, -0.2) is 18.5 Å². The molecule has 0 aromatic carbocycles. The van der Waals surface area contributed by atoms with E-state index in [1.54, 1.807) is 0 Å². The summed E-state index contributed by atoms with van der Waals surface area (Å²) in [6.07, 6.45) is 1.10. The summed E-state index contributed by atoms with van der Waals surface area (Å²) in [7, 11) is -2.88. The fraction of sp³-hybridized carbons (Fsp3) is 0.167. The molecule has 0 unspecified atom stereocenters. The molecule has 0 aliphatic carbocycles. The van der Waals surface area contributed by atoms with E-state index in [2.05, 4.69) is 9.72 Å². The highest BCUT2D eigenvalue weighted by Gasteiger charge is 2.18. The number of halogens is 1. The SMILES string of the molecule is COc1nccc(S(N)(=O)=O)c1F. The van der Waals surface area contributed by atoms with Crippen LogP contribution in [0, 0.1) is 5.82 Å². The van der Waals surface area contributed by atoms with Crippen molar-refractivity contribution in [1.29, 1.82) is 0 Å². The molecule has 0 fully saturated rings. The van der Waals surface area contributed by atoms with Crippen LogP contribution in [0.2, 0.25) is 0 Å². The van der Waals surface area contributed by atoms with Crippen LogP contribution in [-0.4, -0.2) is 20.5 Å². The molecule has 0 saturated heterocycles. The van der Waals surface area contributed by atoms with Gasteiger partial charge in [0.2, 0.25) is 15.8 Å². The zero-order valence-corrected chi connectivity index (χ0v) is 7.51. The van der Waals surface area contributed by atoms with Gasteiger partial charge >= 0.3 is 0 Å². The Balaban J connectivity index is 3.41. The number of rotatable bonds is 2. The van der Waals surface area contributed by atoms with Gasteiger partial charge in [-0.15, -0.1) is 0 Å². The van der Waals surface area contributed by atoms with Crippen LogP contribution in [0.5, 0.6) is 5.88 Å². The number of hydrogen-bond acceptors (Lipinski definition) is 4. The predicted molar refractivity (Wildman–Crippen MR) is 42.1 cm³/mol. The standard InChI is InChI=1S/C6H7FN2O3S/c1-12-6-5(7)4(2-3-9-6)13(8,10)11/h2-3H,1H3,(H2,8,10,11). The van der Waals surface area contributed by atoms with Crippen LogP contribution in [0.1, 0.15) is 0 Å². The highest BCUT2D eigenvalue weighted by molar-refractivity contribution is 7.89. The van der Waals surface area contributed by atoms with E-state index in [4.69, 9.17) is 5.14 Å². The number of pyridine rings is 1. The van der Waals surface area contributed by atoms with Gasteiger partial charge in [0.05, 0.1) is 7.11 Å². The number of hydrogen-bond donors (Lipinski definition) is 1. The zero-order chi connectivity index (χ0) is 10.1. The summed E-state index contributed by atoms with van der Waals surface area (Å²) in [5.41, 5.74) is 0. The van der Waals surface area contributed by atoms with Crippen molar-refractivity contribution in [3.8, 4) is 5.88 Å². The Labute approximate surface area is 74.4 Å². The van der Waals surface area contributed by atoms with Crippen LogP contribution in [0.25, 0.3) is 0 Å². The Morgan fingerprint density at radius 2 is 2.23 bits per heavy atom. The smallest absolute Gasteiger partial charge is 0.251 e. The predicted octanol–water partition coefficient (Wildman–Crippen LogP) is -0.123. The number of sulfonamides is 1. The van der Waals surface area contributed by atoms with Crippen molar-refractivity contribution in [1.82, 2.24) is 4.98 Å². The summed E-state index contributed by atoms with van der Waals surface area (Å²) in [5.74, 6) is -1.47. The largest absolute Gasteiger partial charge is 0.479 e. The van der Waals surface area contributed by atoms with Gasteiger partial charge in [-0.05, 0) is 6.07 Å². The van der Waals surface area contributed by atoms with Gasteiger partial charge in [0.15, 0.2) is 0 Å². The van der Waals surface area contributed by atoms with E-state index in [1.165, 1.54) is 7.11 Å². The first kappa shape index (κ1) is 9.87. The quantitative estimate of drug-likeness (QED) is 0.731. The average Bonchev–Trinajstić information content (AvgIpc) is 2.02. The van der Waals surface area contributed by atoms with Crippen molar-refractivity contribution < 1.29 is 17.5 Å². The molecule has 7 heteroatoms. The van der Waals surface area contributed by atoms with E-state index in [9.17, 15) is 12.8 Å². The van der Waals surface area contributed by atoms with Crippen molar-refractivity contribution in [2.75, 3.05) is 7.11 Å². The molecule has 0 aliphatic heterocycles. The summed E-state index contributed by atoms with van der Waals surface area (Å²) >= 11 is 0. The molecule has 13 heavy (non-hydrogen) atoms. The second kappa shape index (κ2) is 3.27. The monoisotopic (exact) mass is 206 g/mol. The van der Waals surface area contributed by atoms with E-state index in [0.29, 0.717) is 0 Å². The molecular weight excluding hydrogens is 199 g/mol. The molecule has 0 spiro atoms. The molecule has 0 amide bonds. The summed E-state index contributed by atoms with van der Waals surface area (Å²) in [5, 5.41) is 4.73. The first-order chi connectivity index (χ1) is 5.96. The van der Waals surface area contributed by atoms with Gasteiger partial charge in [-0.3, -0.25) is 0 Å². The third-order valence-electron chi connectivity index (χ3n) is 1.32. The van der Waals surface area contributed by atoms with Crippen molar-refractivity contribution in [3.05, 3.63) is 18.1 Å². The third kappa shape index (κ3) is 1.93. The molecule has 1 rings (SSSR count). The second-order valence-corrected chi connectivity index (χ2v) is 3.71. The van der Waals surface area contributed by atoms with Crippen LogP contribution < -0.4 is 9.88 Å². The maximum Gasteiger partial charge on any atom is 0.251 e. The molecule has 0 radical (unpaired) electrons. The number of ether oxygens (including phenoxy) is 1. The molecule has 0 aliphatic rings. The zero-order valence-electron chi connectivity index (χ0n) is 6.69. The second-order valence-electron chi connectivity index (χ2n) is 2.18. The van der Waals surface area contributed by atoms with Gasteiger partial charge < -0.3 is 4.74 Å². The lowest BCUT2D eigenvalue weighted by atomic mass is 10.4. The normalized spacial score (nSPS) is 11.3. The maximum atomic E-state index is 13.1. The Morgan fingerprint density at radius 1 is 1.62 bits per heavy atom. The fourth-order valence-electron chi connectivity index (χ4n) is 0.770. The molecule has 0 atom stereocenters. The first-order valence-electron chi connectivity index (χ1n) is 3.18. The summed E-state index contributed by atoms with van der Waals surface area (Å²) in [6.45, 7) is 0. The molecule has 1 heterocycles. The summed E-state index contributed by atoms with van der Waals surface area (Å²) < 4.78 is 39.1. The van der Waals surface area contributed by atoms with Crippen molar-refractivity contribution in [2.24, 2.45) is 5.14 Å². The van der Waals surface area contributed by atoms with Gasteiger partial charge in [0, 0.05) is 6.20 Å². The van der Waals surface area contributed by atoms with Gasteiger partial charge in [-0.1, -0.05) is 0 Å². The van der Waals surface area contributed by atoms with Crippen LogP contribution in [0.4, 0.5) is 4.39 Å². The lowest BCUT2D eigenvalue weighted by Crippen LogP contribution is -2.14. The number of nitrogens with two attached hydrogens (primary N) is 1. The Bertz CT molecular complexity index is 418. The average molecular weight is 206 g/mol. The number of primary sulfonamides is 1. The van der Waals surface area contributed by atoms with Crippen LogP contribution in [-0.2, 0) is 10.0 Å². The fourth-order valence-corrected chi connectivity index (χ4v) is 1.36. The van der Waals surface area contributed by atoms with Crippen LogP contribution in [0.3, 0.4) is 0 Å². The summed E-state index contributed by atoms with van der Waals surface area (Å²) in [4.78, 5) is 2.83. The minimum Gasteiger partial charge on any atom is -0.479 e. The van der Waals surface area contributed by atoms with E-state index in [-0.39, 0.29) is 0 Å². The van der Waals surface area contributed by atoms with E-state index >= 15 is 0 Å². The Kier molecular flexibility index (Phi) is 2.48. The van der Waals surface area contributed by atoms with Crippen molar-refractivity contribution >= 4 is 10.0 Å². The molecule has 0 bridgehead atoms. The molecule has 2 N–H and O–H groups in total. The van der Waals surface area contributed by atoms with Crippen molar-refractivity contribution in [2.45, 2.75) is 4.90 Å². The maximum absolute atomic E-state index is 13.1. The molecule has 1 aromatic heterocycles.